The van der Waals surface area contributed by atoms with Crippen molar-refractivity contribution in [3.05, 3.63) is 272 Å². The van der Waals surface area contributed by atoms with E-state index in [1.165, 1.54) is 83.4 Å². The molecule has 0 atom stereocenters. The van der Waals surface area contributed by atoms with E-state index in [1.54, 1.807) is 12.4 Å². The van der Waals surface area contributed by atoms with E-state index >= 15 is 0 Å². The average Bonchev–Trinajstić information content (AvgIpc) is 1.53. The number of rotatable bonds is 11. The maximum Gasteiger partial charge on any atom is 0.342 e. The SMILES string of the molecule is C.C.C.C.C.C.CC(C)(C)c1ccc2cc(C(N)=O)ccc2c1.CC(C)(C)c1ccc2cc(NC(N)=O)ccc2c1.CC(C)(C)c1ccc2cc(Nc3n[nH]c(=O)[nH]3)ccc2c1.CC(C)(C)c1ccc2cc(Nc3n[nH]c(=S)s3)ccc2c1.CSc1n[nH]c(Nc2ccc3cc(C(C)(C)C)ccc3c2)n1.Cn1cnc(C(N)=O)c1-c1ccc(C(C)(C)C)cc1. The van der Waals surface area contributed by atoms with E-state index in [9.17, 15) is 19.2 Å². The molecule has 24 heteroatoms. The summed E-state index contributed by atoms with van der Waals surface area (Å²) in [5.74, 6) is 0.183. The molecule has 4 aromatic heterocycles. The molecule has 21 nitrogen and oxygen atoms in total. The highest BCUT2D eigenvalue weighted by molar-refractivity contribution is 7.98. The summed E-state index contributed by atoms with van der Waals surface area (Å²) in [6.45, 7) is 39.7. The molecule has 660 valence electrons. The summed E-state index contributed by atoms with van der Waals surface area (Å²) in [5.41, 5.74) is 30.3. The molecule has 0 unspecified atom stereocenters. The lowest BCUT2D eigenvalue weighted by Gasteiger charge is -2.19. The maximum atomic E-state index is 11.4. The van der Waals surface area contributed by atoms with Crippen LogP contribution in [-0.4, -0.2) is 74.2 Å². The average molecular weight is 1730 g/mol. The van der Waals surface area contributed by atoms with Gasteiger partial charge in [0, 0.05) is 40.9 Å². The number of benzene rings is 11. The topological polar surface area (TPSA) is 327 Å². The molecule has 0 radical (unpaired) electrons. The number of primary amides is 3. The zero-order chi connectivity index (χ0) is 86.0. The van der Waals surface area contributed by atoms with Gasteiger partial charge in [0.2, 0.25) is 28.1 Å². The minimum atomic E-state index is -0.541. The second-order valence-corrected chi connectivity index (χ2v) is 37.7. The Morgan fingerprint density at radius 1 is 0.403 bits per heavy atom. The normalized spacial score (nSPS) is 11.1. The Kier molecular flexibility index (Phi) is 36.3. The summed E-state index contributed by atoms with van der Waals surface area (Å²) in [6.07, 6.45) is 3.56. The number of hydrogen-bond donors (Lipinski definition) is 11. The molecule has 11 aromatic carbocycles. The number of imidazole rings is 1. The van der Waals surface area contributed by atoms with Crippen LogP contribution < -0.4 is 44.2 Å². The molecular formula is C100H133N17O4S3. The second-order valence-electron chi connectivity index (χ2n) is 35.2. The number of fused-ring (bicyclic) bond motifs is 5. The molecule has 0 aliphatic heterocycles. The van der Waals surface area contributed by atoms with Gasteiger partial charge in [0.15, 0.2) is 9.65 Å². The van der Waals surface area contributed by atoms with Crippen molar-refractivity contribution in [2.24, 2.45) is 24.2 Å². The number of anilines is 7. The highest BCUT2D eigenvalue weighted by atomic mass is 32.2. The van der Waals surface area contributed by atoms with Crippen LogP contribution in [0, 0.1) is 3.95 Å². The number of carbonyl (C=O) groups is 3. The highest BCUT2D eigenvalue weighted by Crippen LogP contribution is 2.35. The first-order valence-corrected chi connectivity index (χ1v) is 41.3. The summed E-state index contributed by atoms with van der Waals surface area (Å²) in [4.78, 5) is 55.2. The highest BCUT2D eigenvalue weighted by Gasteiger charge is 2.22. The van der Waals surface area contributed by atoms with E-state index in [-0.39, 0.29) is 88.6 Å². The van der Waals surface area contributed by atoms with Gasteiger partial charge in [0.05, 0.1) is 12.0 Å². The van der Waals surface area contributed by atoms with Gasteiger partial charge in [-0.2, -0.15) is 4.98 Å². The molecule has 4 amide bonds. The minimum Gasteiger partial charge on any atom is -0.366 e. The molecule has 14 N–H and O–H groups in total. The van der Waals surface area contributed by atoms with Crippen molar-refractivity contribution in [3.63, 3.8) is 0 Å². The zero-order valence-electron chi connectivity index (χ0n) is 71.0. The molecule has 124 heavy (non-hydrogen) atoms. The monoisotopic (exact) mass is 1730 g/mol. The predicted molar refractivity (Wildman–Crippen MR) is 536 cm³/mol. The van der Waals surface area contributed by atoms with Crippen molar-refractivity contribution in [2.75, 3.05) is 27.5 Å². The van der Waals surface area contributed by atoms with Gasteiger partial charge in [-0.1, -0.05) is 338 Å². The van der Waals surface area contributed by atoms with Gasteiger partial charge < -0.3 is 43.0 Å². The first-order valence-electron chi connectivity index (χ1n) is 38.8. The molecule has 0 saturated carbocycles. The summed E-state index contributed by atoms with van der Waals surface area (Å²) < 4.78 is 2.49. The fourth-order valence-corrected chi connectivity index (χ4v) is 13.8. The quantitative estimate of drug-likeness (QED) is 0.0424. The molecule has 0 bridgehead atoms. The third kappa shape index (κ3) is 28.4. The Morgan fingerprint density at radius 3 is 1.09 bits per heavy atom. The van der Waals surface area contributed by atoms with Gasteiger partial charge in [0.1, 0.15) is 0 Å². The summed E-state index contributed by atoms with van der Waals surface area (Å²) in [6, 6.07) is 70.2. The first-order chi connectivity index (χ1) is 55.3. The number of aryl methyl sites for hydroxylation is 1. The molecule has 0 fully saturated rings. The van der Waals surface area contributed by atoms with Crippen LogP contribution in [0.2, 0.25) is 0 Å². The Morgan fingerprint density at radius 2 is 0.750 bits per heavy atom. The van der Waals surface area contributed by atoms with E-state index in [0.29, 0.717) is 27.1 Å². The van der Waals surface area contributed by atoms with Crippen molar-refractivity contribution >= 4 is 147 Å². The number of thioether (sulfide) groups is 1. The third-order valence-electron chi connectivity index (χ3n) is 19.6. The van der Waals surface area contributed by atoms with Gasteiger partial charge in [-0.15, -0.1) is 15.3 Å². The van der Waals surface area contributed by atoms with E-state index < -0.39 is 11.9 Å². The van der Waals surface area contributed by atoms with Gasteiger partial charge in [0.25, 0.3) is 5.91 Å². The lowest BCUT2D eigenvalue weighted by molar-refractivity contribution is 0.0990. The van der Waals surface area contributed by atoms with Crippen molar-refractivity contribution in [2.45, 2.75) is 207 Å². The van der Waals surface area contributed by atoms with E-state index in [2.05, 4.69) is 331 Å². The number of hydrogen-bond acceptors (Lipinski definition) is 15. The Hall–Kier alpha value is -12.3. The largest absolute Gasteiger partial charge is 0.366 e. The molecule has 15 rings (SSSR count). The Balaban J connectivity index is 0.000000310. The fraction of sp³-hybridized carbons (Fsp3) is 0.320. The Bertz CT molecular complexity index is 6060. The maximum absolute atomic E-state index is 11.4. The molecule has 15 aromatic rings. The number of urea groups is 1. The van der Waals surface area contributed by atoms with Crippen LogP contribution in [0.15, 0.2) is 223 Å². The lowest BCUT2D eigenvalue weighted by atomic mass is 9.86. The predicted octanol–water partition coefficient (Wildman–Crippen LogP) is 26.6. The summed E-state index contributed by atoms with van der Waals surface area (Å²) in [5, 5.41) is 45.4. The summed E-state index contributed by atoms with van der Waals surface area (Å²) >= 11 is 7.98. The number of nitrogens with one attached hydrogen (secondary N) is 8. The number of aromatic amines is 4. The molecule has 4 heterocycles. The number of amides is 4. The van der Waals surface area contributed by atoms with Gasteiger partial charge >= 0.3 is 11.7 Å². The van der Waals surface area contributed by atoms with Gasteiger partial charge in [-0.05, 0) is 199 Å². The smallest absolute Gasteiger partial charge is 0.342 e. The molecular weight excluding hydrogens is 1600 g/mol. The number of nitrogens with zero attached hydrogens (tertiary/aromatic N) is 6. The van der Waals surface area contributed by atoms with Crippen molar-refractivity contribution < 1.29 is 14.4 Å². The van der Waals surface area contributed by atoms with Gasteiger partial charge in [-0.25, -0.2) is 24.8 Å². The van der Waals surface area contributed by atoms with Crippen molar-refractivity contribution in [1.82, 2.24) is 50.1 Å². The van der Waals surface area contributed by atoms with Crippen LogP contribution in [0.4, 0.5) is 44.6 Å². The van der Waals surface area contributed by atoms with Crippen LogP contribution in [0.5, 0.6) is 0 Å². The van der Waals surface area contributed by atoms with Crippen LogP contribution >= 0.6 is 35.3 Å². The number of H-pyrrole nitrogens is 4. The van der Waals surface area contributed by atoms with Crippen LogP contribution in [0.1, 0.15) is 223 Å². The fourth-order valence-electron chi connectivity index (χ4n) is 12.6. The molecule has 0 aliphatic carbocycles. The Labute approximate surface area is 747 Å². The molecule has 0 aliphatic rings. The lowest BCUT2D eigenvalue weighted by Crippen LogP contribution is -2.19. The summed E-state index contributed by atoms with van der Waals surface area (Å²) in [7, 11) is 1.85. The van der Waals surface area contributed by atoms with Crippen molar-refractivity contribution in [1.29, 1.82) is 0 Å². The molecule has 0 saturated heterocycles. The molecule has 0 spiro atoms. The third-order valence-corrected chi connectivity index (χ3v) is 21.2. The van der Waals surface area contributed by atoms with Crippen LogP contribution in [0.3, 0.4) is 0 Å². The van der Waals surface area contributed by atoms with Crippen LogP contribution in [-0.2, 0) is 39.5 Å². The first kappa shape index (κ1) is 104. The van der Waals surface area contributed by atoms with Crippen LogP contribution in [0.25, 0.3) is 65.1 Å². The number of carbonyl (C=O) groups excluding carboxylic acids is 3. The van der Waals surface area contributed by atoms with Crippen molar-refractivity contribution in [3.8, 4) is 11.3 Å². The number of nitrogens with two attached hydrogens (primary N) is 3. The second kappa shape index (κ2) is 43.2. The van der Waals surface area contributed by atoms with Gasteiger partial charge in [-0.3, -0.25) is 19.7 Å². The standard InChI is InChI=1S/C17H20N4S.C16H18N4O.C16H17N3S2.C15H19N3O.C15H18N2O.C15H17NO.6CH4/c1-17(2,3)13-7-5-12-10-14(8-6-11(12)9-13)18-15-19-16(22-4)21-20-15;1-16(2,3)12-6-4-11-9-13(7-5-10(11)8-12)17-14-18-15(21)20-19-14;1-16(2,3)12-6-4-11-9-13(7-5-10(11)8-12)17-14-18-19-15(20)21-14;1-15(2,3)11-7-5-10(6-8-11)13-12(14(16)19)17-9-18(13)4;1-15(2,3)12-6-4-11-9-13(17-14(16)18)7-5-10(11)8-12;1-15(2,3)13-7-6-10-8-12(14(16)17)5-4-11(10)9-13;;;;;;/h5-10H,1-4H3,(H2,18,19,20,21);4-9H,1-3H3,(H3,17,18,19,20,21);4-9H,1-3H3,(H,17,18)(H,19,20);5-9H,1-4H3,(H2,16,19);4-9H,1-3H3,(H3,16,17,18);4-9H,1-3H3,(H2,16,17);6*1H4. The number of aromatic nitrogens is 10. The van der Waals surface area contributed by atoms with E-state index in [1.807, 2.05) is 78.5 Å². The zero-order valence-corrected chi connectivity index (χ0v) is 73.4. The minimum absolute atomic E-state index is 0. The van der Waals surface area contributed by atoms with E-state index in [4.69, 9.17) is 29.4 Å². The van der Waals surface area contributed by atoms with E-state index in [0.717, 1.165) is 71.2 Å².